The number of imidazole rings is 1. The maximum absolute atomic E-state index is 10.7. The molecular formula is C12H21N2O2+. The number of carboxylic acids is 1. The fourth-order valence-electron chi connectivity index (χ4n) is 1.83. The summed E-state index contributed by atoms with van der Waals surface area (Å²) < 4.78 is 4.01. The van der Waals surface area contributed by atoms with Crippen LogP contribution in [0.2, 0.25) is 0 Å². The average molecular weight is 225 g/mol. The molecule has 4 heteroatoms. The van der Waals surface area contributed by atoms with Crippen LogP contribution in [0.4, 0.5) is 0 Å². The van der Waals surface area contributed by atoms with Crippen LogP contribution in [-0.2, 0) is 24.3 Å². The number of rotatable bonds is 7. The van der Waals surface area contributed by atoms with Gasteiger partial charge in [0.25, 0.3) is 5.82 Å². The fourth-order valence-corrected chi connectivity index (χ4v) is 1.83. The highest BCUT2D eigenvalue weighted by Crippen LogP contribution is 2.02. The molecule has 0 unspecified atom stereocenters. The summed E-state index contributed by atoms with van der Waals surface area (Å²) in [5, 5.41) is 8.81. The summed E-state index contributed by atoms with van der Waals surface area (Å²) in [6.07, 6.45) is 8.12. The van der Waals surface area contributed by atoms with Crippen molar-refractivity contribution in [3.63, 3.8) is 0 Å². The van der Waals surface area contributed by atoms with Gasteiger partial charge in [-0.15, -0.1) is 0 Å². The predicted octanol–water partition coefficient (Wildman–Crippen LogP) is 1.61. The van der Waals surface area contributed by atoms with Crippen LogP contribution in [0, 0.1) is 0 Å². The molecule has 0 fully saturated rings. The Morgan fingerprint density at radius 2 is 2.19 bits per heavy atom. The summed E-state index contributed by atoms with van der Waals surface area (Å²) >= 11 is 0. The zero-order chi connectivity index (χ0) is 12.0. The first-order valence-electron chi connectivity index (χ1n) is 5.98. The number of hydrogen-bond donors (Lipinski definition) is 1. The van der Waals surface area contributed by atoms with Gasteiger partial charge in [0.2, 0.25) is 0 Å². The molecule has 0 saturated carbocycles. The Morgan fingerprint density at radius 3 is 2.75 bits per heavy atom. The number of carbonyl (C=O) groups is 1. The molecule has 0 amide bonds. The summed E-state index contributed by atoms with van der Waals surface area (Å²) in [5.74, 6) is 0.342. The molecule has 0 bridgehead atoms. The Kier molecular flexibility index (Phi) is 5.02. The molecule has 1 rings (SSSR count). The van der Waals surface area contributed by atoms with Gasteiger partial charge in [0.1, 0.15) is 12.4 Å². The zero-order valence-corrected chi connectivity index (χ0v) is 10.1. The van der Waals surface area contributed by atoms with Crippen molar-refractivity contribution in [3.05, 3.63) is 18.2 Å². The number of unbranched alkanes of at least 4 members (excludes halogenated alkanes) is 1. The van der Waals surface area contributed by atoms with Gasteiger partial charge in [-0.3, -0.25) is 0 Å². The molecule has 1 N–H and O–H groups in total. The van der Waals surface area contributed by atoms with Gasteiger partial charge in [-0.25, -0.2) is 13.9 Å². The first kappa shape index (κ1) is 12.7. The summed E-state index contributed by atoms with van der Waals surface area (Å²) in [4.78, 5) is 10.7. The number of hydrogen-bond acceptors (Lipinski definition) is 1. The van der Waals surface area contributed by atoms with Gasteiger partial charge < -0.3 is 5.11 Å². The van der Waals surface area contributed by atoms with Crippen LogP contribution in [0.15, 0.2) is 12.4 Å². The molecular weight excluding hydrogens is 204 g/mol. The van der Waals surface area contributed by atoms with Gasteiger partial charge in [-0.2, -0.15) is 0 Å². The largest absolute Gasteiger partial charge is 0.478 e. The molecule has 0 radical (unpaired) electrons. The van der Waals surface area contributed by atoms with Crippen molar-refractivity contribution in [2.45, 2.75) is 52.6 Å². The molecule has 1 heterocycles. The van der Waals surface area contributed by atoms with E-state index in [4.69, 9.17) is 5.11 Å². The maximum Gasteiger partial charge on any atom is 0.346 e. The lowest BCUT2D eigenvalue weighted by Crippen LogP contribution is -2.40. The van der Waals surface area contributed by atoms with Gasteiger partial charge in [0, 0.05) is 6.42 Å². The van der Waals surface area contributed by atoms with E-state index in [1.807, 2.05) is 17.0 Å². The van der Waals surface area contributed by atoms with Crippen LogP contribution in [-0.4, -0.2) is 15.6 Å². The molecule has 1 aromatic heterocycles. The molecule has 90 valence electrons. The lowest BCUT2D eigenvalue weighted by atomic mass is 10.3. The standard InChI is InChI=1S/C12H20N2O2/c1-3-5-7-13-8-9-14(10-12(15)16)11(13)6-4-2/h8-9H,3-7,10H2,1-2H3/p+1. The number of aryl methyl sites for hydroxylation is 1. The van der Waals surface area contributed by atoms with E-state index in [0.29, 0.717) is 0 Å². The van der Waals surface area contributed by atoms with Crippen LogP contribution in [0.5, 0.6) is 0 Å². The highest BCUT2D eigenvalue weighted by molar-refractivity contribution is 5.64. The van der Waals surface area contributed by atoms with E-state index in [1.54, 1.807) is 0 Å². The minimum Gasteiger partial charge on any atom is -0.478 e. The van der Waals surface area contributed by atoms with Crippen LogP contribution >= 0.6 is 0 Å². The van der Waals surface area contributed by atoms with E-state index >= 15 is 0 Å². The van der Waals surface area contributed by atoms with E-state index in [1.165, 1.54) is 0 Å². The van der Waals surface area contributed by atoms with E-state index in [0.717, 1.165) is 38.1 Å². The fraction of sp³-hybridized carbons (Fsp3) is 0.667. The van der Waals surface area contributed by atoms with Crippen LogP contribution in [0.25, 0.3) is 0 Å². The van der Waals surface area contributed by atoms with Crippen molar-refractivity contribution in [2.24, 2.45) is 0 Å². The average Bonchev–Trinajstić information content (AvgIpc) is 2.59. The van der Waals surface area contributed by atoms with Crippen molar-refractivity contribution >= 4 is 5.97 Å². The van der Waals surface area contributed by atoms with Crippen molar-refractivity contribution in [2.75, 3.05) is 0 Å². The number of aliphatic carboxylic acids is 1. The topological polar surface area (TPSA) is 46.1 Å². The number of nitrogens with zero attached hydrogens (tertiary/aromatic N) is 2. The van der Waals surface area contributed by atoms with Crippen LogP contribution in [0.1, 0.15) is 38.9 Å². The SMILES string of the molecule is CCCCn1cc[n+](CC(=O)O)c1CCC. The van der Waals surface area contributed by atoms with Gasteiger partial charge in [-0.05, 0) is 12.8 Å². The Bertz CT molecular complexity index is 345. The van der Waals surface area contributed by atoms with Crippen molar-refractivity contribution in [1.82, 2.24) is 4.57 Å². The highest BCUT2D eigenvalue weighted by atomic mass is 16.4. The van der Waals surface area contributed by atoms with Gasteiger partial charge in [0.15, 0.2) is 6.54 Å². The summed E-state index contributed by atoms with van der Waals surface area (Å²) in [7, 11) is 0. The third kappa shape index (κ3) is 3.36. The van der Waals surface area contributed by atoms with E-state index in [2.05, 4.69) is 18.4 Å². The van der Waals surface area contributed by atoms with Gasteiger partial charge in [-0.1, -0.05) is 20.3 Å². The Labute approximate surface area is 96.5 Å². The summed E-state index contributed by atoms with van der Waals surface area (Å²) in [6, 6.07) is 0. The van der Waals surface area contributed by atoms with Crippen LogP contribution < -0.4 is 4.57 Å². The Morgan fingerprint density at radius 1 is 1.44 bits per heavy atom. The molecule has 0 aliphatic rings. The second kappa shape index (κ2) is 6.30. The maximum atomic E-state index is 10.7. The smallest absolute Gasteiger partial charge is 0.346 e. The molecule has 0 aliphatic heterocycles. The second-order valence-electron chi connectivity index (χ2n) is 4.03. The minimum atomic E-state index is -0.782. The Balaban J connectivity index is 2.82. The third-order valence-corrected chi connectivity index (χ3v) is 2.62. The highest BCUT2D eigenvalue weighted by Gasteiger charge is 2.17. The van der Waals surface area contributed by atoms with Crippen LogP contribution in [0.3, 0.4) is 0 Å². The molecule has 4 nitrogen and oxygen atoms in total. The van der Waals surface area contributed by atoms with Crippen molar-refractivity contribution < 1.29 is 14.5 Å². The molecule has 0 spiro atoms. The molecule has 0 atom stereocenters. The molecule has 0 saturated heterocycles. The van der Waals surface area contributed by atoms with Gasteiger partial charge in [0.05, 0.1) is 6.54 Å². The van der Waals surface area contributed by atoms with E-state index < -0.39 is 5.97 Å². The lowest BCUT2D eigenvalue weighted by molar-refractivity contribution is -0.692. The normalized spacial score (nSPS) is 10.6. The van der Waals surface area contributed by atoms with Crippen molar-refractivity contribution in [1.29, 1.82) is 0 Å². The summed E-state index contributed by atoms with van der Waals surface area (Å²) in [5.41, 5.74) is 0. The first-order valence-corrected chi connectivity index (χ1v) is 5.98. The first-order chi connectivity index (χ1) is 7.69. The lowest BCUT2D eigenvalue weighted by Gasteiger charge is -2.02. The van der Waals surface area contributed by atoms with E-state index in [-0.39, 0.29) is 6.54 Å². The number of aromatic nitrogens is 2. The second-order valence-corrected chi connectivity index (χ2v) is 4.03. The summed E-state index contributed by atoms with van der Waals surface area (Å²) in [6.45, 7) is 5.32. The molecule has 1 aromatic rings. The Hall–Kier alpha value is -1.32. The molecule has 0 aromatic carbocycles. The van der Waals surface area contributed by atoms with Crippen molar-refractivity contribution in [3.8, 4) is 0 Å². The molecule has 0 aliphatic carbocycles. The predicted molar refractivity (Wildman–Crippen MR) is 61.2 cm³/mol. The zero-order valence-electron chi connectivity index (χ0n) is 10.1. The number of carboxylic acid groups (broad SMARTS) is 1. The monoisotopic (exact) mass is 225 g/mol. The third-order valence-electron chi connectivity index (χ3n) is 2.62. The molecule has 16 heavy (non-hydrogen) atoms. The van der Waals surface area contributed by atoms with E-state index in [9.17, 15) is 4.79 Å². The van der Waals surface area contributed by atoms with Gasteiger partial charge >= 0.3 is 5.97 Å². The minimum absolute atomic E-state index is 0.0639. The quantitative estimate of drug-likeness (QED) is 0.717.